The van der Waals surface area contributed by atoms with Crippen LogP contribution in [0.2, 0.25) is 5.02 Å². The minimum absolute atomic E-state index is 0.194. The summed E-state index contributed by atoms with van der Waals surface area (Å²) >= 11 is 7.51. The van der Waals surface area contributed by atoms with Crippen molar-refractivity contribution in [3.63, 3.8) is 0 Å². The van der Waals surface area contributed by atoms with E-state index in [9.17, 15) is 4.79 Å². The monoisotopic (exact) mass is 386 g/mol. The summed E-state index contributed by atoms with van der Waals surface area (Å²) in [5, 5.41) is 0.655. The number of aromatic nitrogens is 1. The van der Waals surface area contributed by atoms with Crippen LogP contribution >= 0.6 is 22.9 Å². The summed E-state index contributed by atoms with van der Waals surface area (Å²) in [6, 6.07) is 11.1. The lowest BCUT2D eigenvalue weighted by molar-refractivity contribution is -0.117. The standard InChI is InChI=1S/C19H15ClN2O3S/c1-2-7-22-14-5-4-13(20)10-17(14)26-19(22)21-18(23)9-12-3-6-15-16(8-12)25-11-24-15/h2-6,8,10H,1,7,9,11H2. The Balaban J connectivity index is 1.67. The molecule has 0 bridgehead atoms. The summed E-state index contributed by atoms with van der Waals surface area (Å²) < 4.78 is 13.6. The van der Waals surface area contributed by atoms with Gasteiger partial charge in [-0.3, -0.25) is 4.79 Å². The Morgan fingerprint density at radius 2 is 2.12 bits per heavy atom. The van der Waals surface area contributed by atoms with E-state index in [4.69, 9.17) is 21.1 Å². The third-order valence-corrected chi connectivity index (χ3v) is 5.25. The summed E-state index contributed by atoms with van der Waals surface area (Å²) in [4.78, 5) is 17.4. The summed E-state index contributed by atoms with van der Waals surface area (Å²) in [7, 11) is 0. The van der Waals surface area contributed by atoms with Crippen molar-refractivity contribution in [2.45, 2.75) is 13.0 Å². The predicted octanol–water partition coefficient (Wildman–Crippen LogP) is 3.94. The number of thiazole rings is 1. The van der Waals surface area contributed by atoms with Crippen LogP contribution in [0.4, 0.5) is 0 Å². The second-order valence-corrected chi connectivity index (χ2v) is 7.21. The normalized spacial score (nSPS) is 13.3. The third kappa shape index (κ3) is 3.25. The van der Waals surface area contributed by atoms with E-state index >= 15 is 0 Å². The molecule has 0 atom stereocenters. The first-order valence-electron chi connectivity index (χ1n) is 8.00. The van der Waals surface area contributed by atoms with Crippen molar-refractivity contribution in [1.29, 1.82) is 0 Å². The molecule has 0 saturated carbocycles. The molecule has 1 aliphatic rings. The summed E-state index contributed by atoms with van der Waals surface area (Å²) in [5.41, 5.74) is 1.82. The largest absolute Gasteiger partial charge is 0.454 e. The number of ether oxygens (including phenoxy) is 2. The van der Waals surface area contributed by atoms with Gasteiger partial charge in [0.05, 0.1) is 16.6 Å². The van der Waals surface area contributed by atoms with Crippen LogP contribution in [-0.2, 0) is 17.8 Å². The highest BCUT2D eigenvalue weighted by Gasteiger charge is 2.14. The molecule has 0 N–H and O–H groups in total. The lowest BCUT2D eigenvalue weighted by atomic mass is 10.1. The maximum absolute atomic E-state index is 12.5. The fourth-order valence-corrected chi connectivity index (χ4v) is 4.14. The minimum Gasteiger partial charge on any atom is -0.454 e. The molecule has 0 saturated heterocycles. The highest BCUT2D eigenvalue weighted by atomic mass is 35.5. The number of amides is 1. The number of fused-ring (bicyclic) bond motifs is 2. The van der Waals surface area contributed by atoms with Gasteiger partial charge in [-0.2, -0.15) is 4.99 Å². The molecule has 0 unspecified atom stereocenters. The number of nitrogens with zero attached hydrogens (tertiary/aromatic N) is 2. The quantitative estimate of drug-likeness (QED) is 0.638. The number of hydrogen-bond donors (Lipinski definition) is 0. The first-order chi connectivity index (χ1) is 12.6. The predicted molar refractivity (Wildman–Crippen MR) is 102 cm³/mol. The molecule has 132 valence electrons. The van der Waals surface area contributed by atoms with Crippen LogP contribution in [0.1, 0.15) is 5.56 Å². The van der Waals surface area contributed by atoms with E-state index < -0.39 is 0 Å². The Kier molecular flexibility index (Phi) is 4.53. The molecule has 0 aliphatic carbocycles. The molecule has 26 heavy (non-hydrogen) atoms. The highest BCUT2D eigenvalue weighted by Crippen LogP contribution is 2.32. The Hall–Kier alpha value is -2.57. The highest BCUT2D eigenvalue weighted by molar-refractivity contribution is 7.16. The second-order valence-electron chi connectivity index (χ2n) is 5.77. The zero-order chi connectivity index (χ0) is 18.1. The van der Waals surface area contributed by atoms with E-state index in [1.165, 1.54) is 11.3 Å². The van der Waals surface area contributed by atoms with Crippen LogP contribution < -0.4 is 14.3 Å². The van der Waals surface area contributed by atoms with Gasteiger partial charge in [0.1, 0.15) is 0 Å². The van der Waals surface area contributed by atoms with Crippen LogP contribution in [0.3, 0.4) is 0 Å². The zero-order valence-corrected chi connectivity index (χ0v) is 15.3. The number of carbonyl (C=O) groups is 1. The Morgan fingerprint density at radius 1 is 1.27 bits per heavy atom. The van der Waals surface area contributed by atoms with Crippen molar-refractivity contribution in [1.82, 2.24) is 4.57 Å². The first kappa shape index (κ1) is 16.9. The lowest BCUT2D eigenvalue weighted by Crippen LogP contribution is -2.16. The minimum atomic E-state index is -0.223. The molecule has 2 heterocycles. The van der Waals surface area contributed by atoms with E-state index in [1.54, 1.807) is 6.08 Å². The Morgan fingerprint density at radius 3 is 2.96 bits per heavy atom. The number of halogens is 1. The summed E-state index contributed by atoms with van der Waals surface area (Å²) in [6.07, 6.45) is 1.97. The molecular weight excluding hydrogens is 372 g/mol. The molecule has 4 rings (SSSR count). The molecule has 1 amide bonds. The van der Waals surface area contributed by atoms with Gasteiger partial charge in [0.15, 0.2) is 16.3 Å². The Labute approximate surface area is 158 Å². The molecule has 1 aliphatic heterocycles. The molecule has 5 nitrogen and oxygen atoms in total. The third-order valence-electron chi connectivity index (χ3n) is 3.97. The SMILES string of the molecule is C=CCn1c(=NC(=O)Cc2ccc3c(c2)OCO3)sc2cc(Cl)ccc21. The average molecular weight is 387 g/mol. The zero-order valence-electron chi connectivity index (χ0n) is 13.8. The van der Waals surface area contributed by atoms with Crippen LogP contribution in [0, 0.1) is 0 Å². The van der Waals surface area contributed by atoms with Crippen LogP contribution in [0.25, 0.3) is 10.2 Å². The molecule has 1 aromatic heterocycles. The topological polar surface area (TPSA) is 52.8 Å². The fraction of sp³-hybridized carbons (Fsp3) is 0.158. The van der Waals surface area contributed by atoms with E-state index in [0.29, 0.717) is 27.9 Å². The van der Waals surface area contributed by atoms with Crippen molar-refractivity contribution in [3.8, 4) is 11.5 Å². The Bertz CT molecular complexity index is 1080. The maximum atomic E-state index is 12.5. The van der Waals surface area contributed by atoms with Crippen LogP contribution in [0.15, 0.2) is 54.0 Å². The van der Waals surface area contributed by atoms with Crippen molar-refractivity contribution < 1.29 is 14.3 Å². The van der Waals surface area contributed by atoms with Gasteiger partial charge in [0.2, 0.25) is 6.79 Å². The van der Waals surface area contributed by atoms with Gasteiger partial charge in [0.25, 0.3) is 5.91 Å². The maximum Gasteiger partial charge on any atom is 0.252 e. The molecule has 0 radical (unpaired) electrons. The van der Waals surface area contributed by atoms with Gasteiger partial charge >= 0.3 is 0 Å². The summed E-state index contributed by atoms with van der Waals surface area (Å²) in [6.45, 7) is 4.57. The number of benzene rings is 2. The molecule has 0 spiro atoms. The van der Waals surface area contributed by atoms with Gasteiger partial charge < -0.3 is 14.0 Å². The van der Waals surface area contributed by atoms with Crippen molar-refractivity contribution in [2.24, 2.45) is 4.99 Å². The van der Waals surface area contributed by atoms with Gasteiger partial charge in [-0.15, -0.1) is 6.58 Å². The van der Waals surface area contributed by atoms with Gasteiger partial charge in [-0.1, -0.05) is 35.1 Å². The van der Waals surface area contributed by atoms with Crippen LogP contribution in [-0.4, -0.2) is 17.3 Å². The van der Waals surface area contributed by atoms with E-state index in [-0.39, 0.29) is 19.1 Å². The first-order valence-corrected chi connectivity index (χ1v) is 9.19. The average Bonchev–Trinajstić information content (AvgIpc) is 3.19. The van der Waals surface area contributed by atoms with Crippen molar-refractivity contribution >= 4 is 39.1 Å². The second kappa shape index (κ2) is 6.97. The number of allylic oxidation sites excluding steroid dienone is 1. The van der Waals surface area contributed by atoms with E-state index in [2.05, 4.69) is 11.6 Å². The smallest absolute Gasteiger partial charge is 0.252 e. The van der Waals surface area contributed by atoms with Crippen LogP contribution in [0.5, 0.6) is 11.5 Å². The molecular formula is C19H15ClN2O3S. The van der Waals surface area contributed by atoms with Gasteiger partial charge in [-0.05, 0) is 35.9 Å². The number of carbonyl (C=O) groups excluding carboxylic acids is 1. The van der Waals surface area contributed by atoms with E-state index in [0.717, 1.165) is 15.8 Å². The van der Waals surface area contributed by atoms with Crippen molar-refractivity contribution in [2.75, 3.05) is 6.79 Å². The van der Waals surface area contributed by atoms with E-state index in [1.807, 2.05) is 41.0 Å². The molecule has 0 fully saturated rings. The molecule has 3 aromatic rings. The molecule has 2 aromatic carbocycles. The van der Waals surface area contributed by atoms with Gasteiger partial charge in [0, 0.05) is 11.6 Å². The number of rotatable bonds is 4. The summed E-state index contributed by atoms with van der Waals surface area (Å²) in [5.74, 6) is 1.14. The fourth-order valence-electron chi connectivity index (χ4n) is 2.81. The number of hydrogen-bond acceptors (Lipinski definition) is 4. The van der Waals surface area contributed by atoms with Gasteiger partial charge in [-0.25, -0.2) is 0 Å². The molecule has 7 heteroatoms. The lowest BCUT2D eigenvalue weighted by Gasteiger charge is -2.02. The van der Waals surface area contributed by atoms with Crippen molar-refractivity contribution in [3.05, 3.63) is 64.4 Å².